The first-order valence-electron chi connectivity index (χ1n) is 15.9. The molecule has 1 aromatic carbocycles. The lowest BCUT2D eigenvalue weighted by atomic mass is 9.71. The van der Waals surface area contributed by atoms with E-state index < -0.39 is 27.1 Å². The molecule has 2 aliphatic heterocycles. The van der Waals surface area contributed by atoms with Crippen LogP contribution in [0.1, 0.15) is 91.4 Å². The summed E-state index contributed by atoms with van der Waals surface area (Å²) < 4.78 is 40.0. The molecule has 3 aliphatic rings. The zero-order valence-corrected chi connectivity index (χ0v) is 28.9. The summed E-state index contributed by atoms with van der Waals surface area (Å²) in [5, 5.41) is 7.17. The van der Waals surface area contributed by atoms with Crippen molar-refractivity contribution in [1.82, 2.24) is 24.6 Å². The normalized spacial score (nSPS) is 20.9. The zero-order valence-electron chi connectivity index (χ0n) is 28.1. The van der Waals surface area contributed by atoms with Gasteiger partial charge in [0.2, 0.25) is 15.0 Å². The van der Waals surface area contributed by atoms with Crippen LogP contribution in [0.15, 0.2) is 29.4 Å². The Morgan fingerprint density at radius 3 is 2.62 bits per heavy atom. The lowest BCUT2D eigenvalue weighted by molar-refractivity contribution is -0.0872. The molecular formula is C33H43N7O6S. The summed E-state index contributed by atoms with van der Waals surface area (Å²) in [6.07, 6.45) is 3.23. The van der Waals surface area contributed by atoms with Crippen molar-refractivity contribution in [3.8, 4) is 0 Å². The predicted molar refractivity (Wildman–Crippen MR) is 175 cm³/mol. The van der Waals surface area contributed by atoms with E-state index in [1.54, 1.807) is 20.2 Å². The first-order valence-corrected chi connectivity index (χ1v) is 17.8. The van der Waals surface area contributed by atoms with Crippen LogP contribution in [0.3, 0.4) is 0 Å². The van der Waals surface area contributed by atoms with E-state index in [0.29, 0.717) is 55.4 Å². The van der Waals surface area contributed by atoms with Crippen LogP contribution >= 0.6 is 0 Å². The van der Waals surface area contributed by atoms with Gasteiger partial charge in [0.15, 0.2) is 5.69 Å². The molecule has 2 atom stereocenters. The second-order valence-corrected chi connectivity index (χ2v) is 16.0. The summed E-state index contributed by atoms with van der Waals surface area (Å²) in [6.45, 7) is 9.42. The van der Waals surface area contributed by atoms with Gasteiger partial charge in [-0.3, -0.25) is 14.8 Å². The van der Waals surface area contributed by atoms with Gasteiger partial charge in [-0.15, -0.1) is 0 Å². The number of nitrogens with one attached hydrogen (secondary N) is 1. The van der Waals surface area contributed by atoms with Crippen LogP contribution in [0.4, 0.5) is 16.3 Å². The number of carbonyl (C=O) groups is 2. The summed E-state index contributed by atoms with van der Waals surface area (Å²) in [6, 6.07) is 7.64. The Kier molecular flexibility index (Phi) is 8.32. The molecule has 0 saturated carbocycles. The average Bonchev–Trinajstić information content (AvgIpc) is 3.27. The Labute approximate surface area is 275 Å². The number of anilines is 2. The van der Waals surface area contributed by atoms with Gasteiger partial charge in [-0.2, -0.15) is 5.10 Å². The number of ether oxygens (including phenoxy) is 2. The average molecular weight is 666 g/mol. The molecule has 1 unspecified atom stereocenters. The van der Waals surface area contributed by atoms with Gasteiger partial charge in [0.05, 0.1) is 30.1 Å². The van der Waals surface area contributed by atoms with Crippen LogP contribution in [-0.2, 0) is 51.0 Å². The van der Waals surface area contributed by atoms with Gasteiger partial charge in [-0.1, -0.05) is 13.0 Å². The SMILES string of the molecule is C[C@@H]1CCC2(Cc3nc(S(C)(=O)=O)nc(N4CCCn5nc(C(=O)N(C)C)cc5C4)c3CO2)c2cc(NC(=O)OC(C)(C)C)ccc21. The predicted octanol–water partition coefficient (Wildman–Crippen LogP) is 4.40. The second kappa shape index (κ2) is 11.9. The van der Waals surface area contributed by atoms with Gasteiger partial charge in [0.1, 0.15) is 11.4 Å². The van der Waals surface area contributed by atoms with Crippen LogP contribution in [-0.4, -0.2) is 77.6 Å². The van der Waals surface area contributed by atoms with Crippen LogP contribution in [0.2, 0.25) is 0 Å². The third kappa shape index (κ3) is 6.57. The molecule has 1 aliphatic carbocycles. The minimum atomic E-state index is -3.75. The van der Waals surface area contributed by atoms with Crippen molar-refractivity contribution in [1.29, 1.82) is 0 Å². The number of benzene rings is 1. The van der Waals surface area contributed by atoms with Gasteiger partial charge < -0.3 is 19.3 Å². The summed E-state index contributed by atoms with van der Waals surface area (Å²) in [5.74, 6) is 0.612. The van der Waals surface area contributed by atoms with E-state index in [1.807, 2.05) is 48.6 Å². The second-order valence-electron chi connectivity index (χ2n) is 14.1. The molecule has 0 radical (unpaired) electrons. The third-order valence-corrected chi connectivity index (χ3v) is 9.81. The standard InChI is InChI=1S/C33H43N7O6S/c1-20-11-12-33(25-15-21(9-10-23(20)25)34-31(42)46-32(2,3)4)17-27-24(19-45-33)28(36-30(35-27)47(7,43)44)39-13-8-14-40-22(18-39)16-26(37-40)29(41)38(5)6/h9-10,15-16,20H,8,11-14,17-19H2,1-7H3,(H,34,42)/t20-,33?/m1/s1. The lowest BCUT2D eigenvalue weighted by Crippen LogP contribution is -2.41. The van der Waals surface area contributed by atoms with Crippen LogP contribution in [0.25, 0.3) is 0 Å². The molecular weight excluding hydrogens is 622 g/mol. The summed E-state index contributed by atoms with van der Waals surface area (Å²) in [4.78, 5) is 38.0. The van der Waals surface area contributed by atoms with Crippen molar-refractivity contribution in [2.45, 2.75) is 95.4 Å². The fourth-order valence-corrected chi connectivity index (χ4v) is 7.21. The number of nitrogens with zero attached hydrogens (tertiary/aromatic N) is 6. The molecule has 0 fully saturated rings. The molecule has 3 aromatic rings. The van der Waals surface area contributed by atoms with Gasteiger partial charge in [0, 0.05) is 51.1 Å². The van der Waals surface area contributed by atoms with E-state index in [0.717, 1.165) is 41.5 Å². The molecule has 0 bridgehead atoms. The topological polar surface area (TPSA) is 149 Å². The minimum absolute atomic E-state index is 0.180. The van der Waals surface area contributed by atoms with Crippen molar-refractivity contribution < 1.29 is 27.5 Å². The number of amides is 2. The van der Waals surface area contributed by atoms with Crippen LogP contribution in [0, 0.1) is 0 Å². The Balaban J connectivity index is 1.38. The smallest absolute Gasteiger partial charge is 0.412 e. The number of rotatable bonds is 4. The van der Waals surface area contributed by atoms with Crippen molar-refractivity contribution in [2.75, 3.05) is 37.1 Å². The molecule has 1 spiro atoms. The van der Waals surface area contributed by atoms with Crippen molar-refractivity contribution in [2.24, 2.45) is 0 Å². The first kappa shape index (κ1) is 32.9. The van der Waals surface area contributed by atoms with Crippen molar-refractivity contribution >= 4 is 33.3 Å². The number of carbonyl (C=O) groups excluding carboxylic acids is 2. The maximum absolute atomic E-state index is 12.9. The van der Waals surface area contributed by atoms with Crippen LogP contribution < -0.4 is 10.2 Å². The Morgan fingerprint density at radius 1 is 1.15 bits per heavy atom. The summed E-state index contributed by atoms with van der Waals surface area (Å²) in [7, 11) is -0.369. The molecule has 2 aromatic heterocycles. The summed E-state index contributed by atoms with van der Waals surface area (Å²) in [5.41, 5.74) is 3.85. The molecule has 6 rings (SSSR count). The Morgan fingerprint density at radius 2 is 1.91 bits per heavy atom. The van der Waals surface area contributed by atoms with E-state index in [9.17, 15) is 18.0 Å². The molecule has 0 saturated heterocycles. The van der Waals surface area contributed by atoms with E-state index in [1.165, 1.54) is 4.90 Å². The number of aryl methyl sites for hydroxylation is 1. The maximum atomic E-state index is 12.9. The number of sulfone groups is 1. The quantitative estimate of drug-likeness (QED) is 0.398. The lowest BCUT2D eigenvalue weighted by Gasteiger charge is -2.44. The van der Waals surface area contributed by atoms with Gasteiger partial charge in [-0.25, -0.2) is 23.2 Å². The van der Waals surface area contributed by atoms with E-state index >= 15 is 0 Å². The van der Waals surface area contributed by atoms with E-state index in [2.05, 4.69) is 27.3 Å². The van der Waals surface area contributed by atoms with Crippen molar-refractivity contribution in [3.05, 3.63) is 58.0 Å². The Bertz CT molecular complexity index is 1850. The highest BCUT2D eigenvalue weighted by Crippen LogP contribution is 2.49. The highest BCUT2D eigenvalue weighted by molar-refractivity contribution is 7.90. The number of fused-ring (bicyclic) bond motifs is 4. The van der Waals surface area contributed by atoms with E-state index in [-0.39, 0.29) is 23.6 Å². The van der Waals surface area contributed by atoms with Gasteiger partial charge >= 0.3 is 6.09 Å². The largest absolute Gasteiger partial charge is 0.444 e. The molecule has 13 nitrogen and oxygen atoms in total. The number of aromatic nitrogens is 4. The Hall–Kier alpha value is -4.04. The van der Waals surface area contributed by atoms with Gasteiger partial charge in [-0.05, 0) is 75.3 Å². The molecule has 1 N–H and O–H groups in total. The zero-order chi connectivity index (χ0) is 33.9. The van der Waals surface area contributed by atoms with Crippen molar-refractivity contribution in [3.63, 3.8) is 0 Å². The fraction of sp³-hybridized carbons (Fsp3) is 0.545. The van der Waals surface area contributed by atoms with Crippen LogP contribution in [0.5, 0.6) is 0 Å². The maximum Gasteiger partial charge on any atom is 0.412 e. The molecule has 4 heterocycles. The molecule has 14 heteroatoms. The first-order chi connectivity index (χ1) is 22.0. The monoisotopic (exact) mass is 665 g/mol. The minimum Gasteiger partial charge on any atom is -0.444 e. The highest BCUT2D eigenvalue weighted by atomic mass is 32.2. The number of hydrogen-bond acceptors (Lipinski definition) is 10. The molecule has 47 heavy (non-hydrogen) atoms. The van der Waals surface area contributed by atoms with E-state index in [4.69, 9.17) is 9.47 Å². The molecule has 2 amide bonds. The number of hydrogen-bond donors (Lipinski definition) is 1. The fourth-order valence-electron chi connectivity index (χ4n) is 6.68. The highest BCUT2D eigenvalue weighted by Gasteiger charge is 2.45. The van der Waals surface area contributed by atoms with Gasteiger partial charge in [0.25, 0.3) is 5.91 Å². The summed E-state index contributed by atoms with van der Waals surface area (Å²) >= 11 is 0. The molecule has 252 valence electrons. The third-order valence-electron chi connectivity index (χ3n) is 8.97.